The first kappa shape index (κ1) is 13.7. The van der Waals surface area contributed by atoms with Gasteiger partial charge in [-0.15, -0.1) is 0 Å². The molecule has 1 aromatic rings. The van der Waals surface area contributed by atoms with Crippen LogP contribution in [0.4, 0.5) is 13.2 Å². The molecule has 0 atom stereocenters. The topological polar surface area (TPSA) is 47.0 Å². The van der Waals surface area contributed by atoms with Crippen molar-refractivity contribution in [3.05, 3.63) is 17.6 Å². The summed E-state index contributed by atoms with van der Waals surface area (Å²) in [5, 5.41) is 2.86. The highest BCUT2D eigenvalue weighted by Gasteiger charge is 2.33. The summed E-state index contributed by atoms with van der Waals surface area (Å²) in [5.74, 6) is 0.0212. The fraction of sp³-hybridized carbons (Fsp3) is 0.600. The van der Waals surface area contributed by atoms with Crippen molar-refractivity contribution in [2.75, 3.05) is 13.2 Å². The monoisotopic (exact) mass is 249 g/mol. The Kier molecular flexibility index (Phi) is 4.68. The molecule has 1 aromatic heterocycles. The van der Waals surface area contributed by atoms with Crippen LogP contribution in [-0.4, -0.2) is 23.1 Å². The molecule has 1 heterocycles. The summed E-state index contributed by atoms with van der Waals surface area (Å²) >= 11 is 0. The third-order valence-electron chi connectivity index (χ3n) is 1.86. The van der Waals surface area contributed by atoms with Gasteiger partial charge >= 0.3 is 6.18 Å². The molecular weight excluding hydrogens is 235 g/mol. The number of ether oxygens (including phenoxy) is 1. The Bertz CT molecular complexity index is 368. The summed E-state index contributed by atoms with van der Waals surface area (Å²) in [4.78, 5) is 7.32. The standard InChI is InChI=1S/C10H14F3N3O/c1-3-14-6-8-15-7(10(11,12)13)5-9(16-8)17-4-2/h5,14H,3-4,6H2,1-2H3. The van der Waals surface area contributed by atoms with Gasteiger partial charge in [-0.2, -0.15) is 18.2 Å². The van der Waals surface area contributed by atoms with Gasteiger partial charge in [0.1, 0.15) is 5.82 Å². The van der Waals surface area contributed by atoms with Crippen molar-refractivity contribution >= 4 is 0 Å². The van der Waals surface area contributed by atoms with Crippen LogP contribution in [0.3, 0.4) is 0 Å². The fourth-order valence-corrected chi connectivity index (χ4v) is 1.16. The van der Waals surface area contributed by atoms with Gasteiger partial charge in [0.25, 0.3) is 0 Å². The van der Waals surface area contributed by atoms with E-state index in [0.29, 0.717) is 6.54 Å². The first-order chi connectivity index (χ1) is 7.97. The van der Waals surface area contributed by atoms with Crippen LogP contribution in [-0.2, 0) is 12.7 Å². The van der Waals surface area contributed by atoms with Gasteiger partial charge in [0, 0.05) is 6.07 Å². The highest BCUT2D eigenvalue weighted by Crippen LogP contribution is 2.29. The molecule has 0 unspecified atom stereocenters. The maximum absolute atomic E-state index is 12.5. The van der Waals surface area contributed by atoms with Crippen molar-refractivity contribution in [1.29, 1.82) is 0 Å². The van der Waals surface area contributed by atoms with Crippen LogP contribution in [0.15, 0.2) is 6.07 Å². The van der Waals surface area contributed by atoms with Gasteiger partial charge in [-0.05, 0) is 13.5 Å². The largest absolute Gasteiger partial charge is 0.478 e. The van der Waals surface area contributed by atoms with E-state index in [2.05, 4.69) is 15.3 Å². The van der Waals surface area contributed by atoms with Gasteiger partial charge in [0.2, 0.25) is 5.88 Å². The minimum absolute atomic E-state index is 0.0530. The van der Waals surface area contributed by atoms with Gasteiger partial charge in [0.05, 0.1) is 13.2 Å². The lowest BCUT2D eigenvalue weighted by atomic mass is 10.3. The van der Waals surface area contributed by atoms with Crippen molar-refractivity contribution in [2.24, 2.45) is 0 Å². The molecule has 0 fully saturated rings. The third kappa shape index (κ3) is 4.18. The van der Waals surface area contributed by atoms with E-state index in [1.165, 1.54) is 0 Å². The molecule has 0 radical (unpaired) electrons. The summed E-state index contributed by atoms with van der Waals surface area (Å²) < 4.78 is 42.6. The minimum atomic E-state index is -4.49. The molecule has 0 aromatic carbocycles. The van der Waals surface area contributed by atoms with E-state index >= 15 is 0 Å². The quantitative estimate of drug-likeness (QED) is 0.867. The molecule has 4 nitrogen and oxygen atoms in total. The lowest BCUT2D eigenvalue weighted by Gasteiger charge is -2.10. The lowest BCUT2D eigenvalue weighted by molar-refractivity contribution is -0.141. The lowest BCUT2D eigenvalue weighted by Crippen LogP contribution is -2.18. The van der Waals surface area contributed by atoms with E-state index in [-0.39, 0.29) is 24.9 Å². The van der Waals surface area contributed by atoms with Crippen molar-refractivity contribution in [2.45, 2.75) is 26.6 Å². The van der Waals surface area contributed by atoms with Gasteiger partial charge in [0.15, 0.2) is 5.69 Å². The zero-order valence-corrected chi connectivity index (χ0v) is 9.64. The SMILES string of the molecule is CCNCc1nc(OCC)cc(C(F)(F)F)n1. The van der Waals surface area contributed by atoms with Crippen LogP contribution in [0.25, 0.3) is 0 Å². The smallest absolute Gasteiger partial charge is 0.433 e. The summed E-state index contributed by atoms with van der Waals surface area (Å²) in [6, 6.07) is 0.805. The second kappa shape index (κ2) is 5.81. The number of hydrogen-bond donors (Lipinski definition) is 1. The number of nitrogens with one attached hydrogen (secondary N) is 1. The second-order valence-electron chi connectivity index (χ2n) is 3.22. The zero-order chi connectivity index (χ0) is 12.9. The normalized spacial score (nSPS) is 11.6. The Morgan fingerprint density at radius 1 is 1.29 bits per heavy atom. The molecule has 0 saturated heterocycles. The Morgan fingerprint density at radius 3 is 2.53 bits per heavy atom. The predicted molar refractivity (Wildman–Crippen MR) is 55.6 cm³/mol. The second-order valence-corrected chi connectivity index (χ2v) is 3.22. The average molecular weight is 249 g/mol. The Balaban J connectivity index is 3.01. The molecule has 0 spiro atoms. The number of nitrogens with zero attached hydrogens (tertiary/aromatic N) is 2. The molecule has 0 aliphatic heterocycles. The Hall–Kier alpha value is -1.37. The first-order valence-corrected chi connectivity index (χ1v) is 5.26. The van der Waals surface area contributed by atoms with Crippen LogP contribution in [0.5, 0.6) is 5.88 Å². The number of rotatable bonds is 5. The molecule has 0 saturated carbocycles. The predicted octanol–water partition coefficient (Wildman–Crippen LogP) is 2.00. The molecule has 1 N–H and O–H groups in total. The van der Waals surface area contributed by atoms with Crippen LogP contribution < -0.4 is 10.1 Å². The van der Waals surface area contributed by atoms with Crippen molar-refractivity contribution in [3.8, 4) is 5.88 Å². The van der Waals surface area contributed by atoms with Crippen LogP contribution >= 0.6 is 0 Å². The van der Waals surface area contributed by atoms with Crippen LogP contribution in [0.1, 0.15) is 25.4 Å². The molecule has 1 rings (SSSR count). The average Bonchev–Trinajstić information content (AvgIpc) is 2.25. The summed E-state index contributed by atoms with van der Waals surface area (Å²) in [7, 11) is 0. The van der Waals surface area contributed by atoms with Crippen LogP contribution in [0.2, 0.25) is 0 Å². The molecule has 96 valence electrons. The van der Waals surface area contributed by atoms with Crippen molar-refractivity contribution in [1.82, 2.24) is 15.3 Å². The summed E-state index contributed by atoms with van der Waals surface area (Å²) in [6.45, 7) is 4.59. The van der Waals surface area contributed by atoms with Gasteiger partial charge < -0.3 is 10.1 Å². The first-order valence-electron chi connectivity index (χ1n) is 5.26. The van der Waals surface area contributed by atoms with E-state index in [0.717, 1.165) is 6.07 Å². The Morgan fingerprint density at radius 2 is 2.00 bits per heavy atom. The number of halogens is 3. The number of hydrogen-bond acceptors (Lipinski definition) is 4. The third-order valence-corrected chi connectivity index (χ3v) is 1.86. The van der Waals surface area contributed by atoms with Crippen molar-refractivity contribution in [3.63, 3.8) is 0 Å². The molecule has 7 heteroatoms. The highest BCUT2D eigenvalue weighted by atomic mass is 19.4. The molecule has 0 aliphatic carbocycles. The molecule has 0 bridgehead atoms. The van der Waals surface area contributed by atoms with Crippen LogP contribution in [0, 0.1) is 0 Å². The van der Waals surface area contributed by atoms with Crippen molar-refractivity contribution < 1.29 is 17.9 Å². The zero-order valence-electron chi connectivity index (χ0n) is 9.64. The number of alkyl halides is 3. The van der Waals surface area contributed by atoms with E-state index in [1.807, 2.05) is 6.92 Å². The van der Waals surface area contributed by atoms with E-state index < -0.39 is 11.9 Å². The maximum Gasteiger partial charge on any atom is 0.433 e. The fourth-order valence-electron chi connectivity index (χ4n) is 1.16. The minimum Gasteiger partial charge on any atom is -0.478 e. The van der Waals surface area contributed by atoms with Gasteiger partial charge in [-0.25, -0.2) is 4.98 Å². The van der Waals surface area contributed by atoms with E-state index in [9.17, 15) is 13.2 Å². The summed E-state index contributed by atoms with van der Waals surface area (Å²) in [5.41, 5.74) is -0.983. The van der Waals surface area contributed by atoms with Gasteiger partial charge in [-0.3, -0.25) is 0 Å². The van der Waals surface area contributed by atoms with Gasteiger partial charge in [-0.1, -0.05) is 6.92 Å². The molecule has 17 heavy (non-hydrogen) atoms. The highest BCUT2D eigenvalue weighted by molar-refractivity contribution is 5.18. The number of aromatic nitrogens is 2. The molecule has 0 aliphatic rings. The Labute approximate surface area is 97.2 Å². The van der Waals surface area contributed by atoms with E-state index in [4.69, 9.17) is 4.74 Å². The molecule has 0 amide bonds. The van der Waals surface area contributed by atoms with E-state index in [1.54, 1.807) is 6.92 Å². The maximum atomic E-state index is 12.5. The summed E-state index contributed by atoms with van der Waals surface area (Å²) in [6.07, 6.45) is -4.49. The molecular formula is C10H14F3N3O.